The molecule has 3 aromatic rings. The number of fused-ring (bicyclic) bond motifs is 1. The van der Waals surface area contributed by atoms with Crippen LogP contribution in [0.3, 0.4) is 0 Å². The van der Waals surface area contributed by atoms with E-state index >= 15 is 0 Å². The van der Waals surface area contributed by atoms with Crippen molar-refractivity contribution in [2.75, 3.05) is 0 Å². The van der Waals surface area contributed by atoms with E-state index in [1.807, 2.05) is 24.3 Å². The minimum Gasteiger partial charge on any atom is -0.481 e. The SMILES string of the molecule is Cn1cc(CC(=O)O)c(-c2coc3ccccc23)n1. The summed E-state index contributed by atoms with van der Waals surface area (Å²) in [7, 11) is 1.77. The number of aromatic nitrogens is 2. The molecule has 0 saturated heterocycles. The molecular formula is C14H12N2O3. The normalized spacial score (nSPS) is 11.0. The maximum atomic E-state index is 10.9. The number of rotatable bonds is 3. The smallest absolute Gasteiger partial charge is 0.307 e. The van der Waals surface area contributed by atoms with Crippen LogP contribution in [0.2, 0.25) is 0 Å². The van der Waals surface area contributed by atoms with Crippen LogP contribution in [0.4, 0.5) is 0 Å². The van der Waals surface area contributed by atoms with Crippen molar-refractivity contribution in [2.24, 2.45) is 7.05 Å². The van der Waals surface area contributed by atoms with Crippen LogP contribution in [-0.2, 0) is 18.3 Å². The number of nitrogens with zero attached hydrogens (tertiary/aromatic N) is 2. The first-order chi connectivity index (χ1) is 9.15. The fourth-order valence-electron chi connectivity index (χ4n) is 2.22. The number of aryl methyl sites for hydroxylation is 1. The Morgan fingerprint density at radius 2 is 2.21 bits per heavy atom. The summed E-state index contributed by atoms with van der Waals surface area (Å²) in [5.41, 5.74) is 2.94. The van der Waals surface area contributed by atoms with Crippen LogP contribution < -0.4 is 0 Å². The van der Waals surface area contributed by atoms with Gasteiger partial charge in [0.2, 0.25) is 0 Å². The maximum absolute atomic E-state index is 10.9. The van der Waals surface area contributed by atoms with E-state index in [-0.39, 0.29) is 6.42 Å². The molecule has 0 bridgehead atoms. The van der Waals surface area contributed by atoms with Gasteiger partial charge in [0.25, 0.3) is 0 Å². The Balaban J connectivity index is 2.18. The molecule has 0 aliphatic rings. The van der Waals surface area contributed by atoms with Gasteiger partial charge < -0.3 is 9.52 Å². The summed E-state index contributed by atoms with van der Waals surface area (Å²) < 4.78 is 7.10. The second-order valence-electron chi connectivity index (χ2n) is 4.39. The van der Waals surface area contributed by atoms with Crippen molar-refractivity contribution >= 4 is 16.9 Å². The van der Waals surface area contributed by atoms with Gasteiger partial charge in [-0.05, 0) is 6.07 Å². The molecular weight excluding hydrogens is 244 g/mol. The minimum absolute atomic E-state index is 0.0529. The predicted molar refractivity (Wildman–Crippen MR) is 69.8 cm³/mol. The number of para-hydroxylation sites is 1. The Hall–Kier alpha value is -2.56. The largest absolute Gasteiger partial charge is 0.481 e. The van der Waals surface area contributed by atoms with E-state index in [9.17, 15) is 4.79 Å². The third kappa shape index (κ3) is 1.99. The number of benzene rings is 1. The number of aliphatic carboxylic acids is 1. The number of hydrogen-bond donors (Lipinski definition) is 1. The summed E-state index contributed by atoms with van der Waals surface area (Å²) in [4.78, 5) is 10.9. The molecule has 0 unspecified atom stereocenters. The maximum Gasteiger partial charge on any atom is 0.307 e. The van der Waals surface area contributed by atoms with E-state index in [4.69, 9.17) is 9.52 Å². The van der Waals surface area contributed by atoms with Crippen molar-refractivity contribution in [3.05, 3.63) is 42.3 Å². The average molecular weight is 256 g/mol. The fourth-order valence-corrected chi connectivity index (χ4v) is 2.22. The summed E-state index contributed by atoms with van der Waals surface area (Å²) in [5.74, 6) is -0.873. The predicted octanol–water partition coefficient (Wildman–Crippen LogP) is 2.46. The van der Waals surface area contributed by atoms with Gasteiger partial charge in [0.15, 0.2) is 0 Å². The van der Waals surface area contributed by atoms with Crippen molar-refractivity contribution in [2.45, 2.75) is 6.42 Å². The van der Waals surface area contributed by atoms with Crippen molar-refractivity contribution in [1.29, 1.82) is 0 Å². The monoisotopic (exact) mass is 256 g/mol. The summed E-state index contributed by atoms with van der Waals surface area (Å²) in [6, 6.07) is 7.62. The molecule has 5 nitrogen and oxygen atoms in total. The molecule has 19 heavy (non-hydrogen) atoms. The van der Waals surface area contributed by atoms with Gasteiger partial charge in [-0.2, -0.15) is 5.10 Å². The zero-order valence-electron chi connectivity index (χ0n) is 10.3. The van der Waals surface area contributed by atoms with Gasteiger partial charge in [-0.1, -0.05) is 18.2 Å². The molecule has 3 rings (SSSR count). The van der Waals surface area contributed by atoms with Crippen LogP contribution in [0.1, 0.15) is 5.56 Å². The highest BCUT2D eigenvalue weighted by atomic mass is 16.4. The Morgan fingerprint density at radius 1 is 1.42 bits per heavy atom. The van der Waals surface area contributed by atoms with Crippen molar-refractivity contribution in [3.63, 3.8) is 0 Å². The molecule has 0 aliphatic heterocycles. The zero-order valence-corrected chi connectivity index (χ0v) is 10.3. The van der Waals surface area contributed by atoms with Crippen molar-refractivity contribution in [1.82, 2.24) is 9.78 Å². The van der Waals surface area contributed by atoms with Crippen LogP contribution in [0.15, 0.2) is 41.1 Å². The second kappa shape index (κ2) is 4.28. The van der Waals surface area contributed by atoms with E-state index in [2.05, 4.69) is 5.10 Å². The molecule has 2 aromatic heterocycles. The van der Waals surface area contributed by atoms with E-state index < -0.39 is 5.97 Å². The van der Waals surface area contributed by atoms with E-state index in [0.717, 1.165) is 16.5 Å². The molecule has 0 radical (unpaired) electrons. The van der Waals surface area contributed by atoms with Crippen LogP contribution >= 0.6 is 0 Å². The van der Waals surface area contributed by atoms with Gasteiger partial charge in [-0.15, -0.1) is 0 Å². The molecule has 2 heterocycles. The molecule has 0 saturated carbocycles. The van der Waals surface area contributed by atoms with Gasteiger partial charge in [0.05, 0.1) is 12.1 Å². The molecule has 0 atom stereocenters. The first-order valence-corrected chi connectivity index (χ1v) is 5.86. The number of furan rings is 1. The fraction of sp³-hybridized carbons (Fsp3) is 0.143. The highest BCUT2D eigenvalue weighted by molar-refractivity contribution is 5.94. The minimum atomic E-state index is -0.873. The summed E-state index contributed by atoms with van der Waals surface area (Å²) in [6.45, 7) is 0. The number of hydrogen-bond acceptors (Lipinski definition) is 3. The van der Waals surface area contributed by atoms with Gasteiger partial charge in [-0.3, -0.25) is 9.48 Å². The van der Waals surface area contributed by atoms with E-state index in [0.29, 0.717) is 11.3 Å². The summed E-state index contributed by atoms with van der Waals surface area (Å²) in [6.07, 6.45) is 3.30. The standard InChI is InChI=1S/C14H12N2O3/c1-16-7-9(6-13(17)18)14(15-16)11-8-19-12-5-3-2-4-10(11)12/h2-5,7-8H,6H2,1H3,(H,17,18). The number of carboxylic acid groups (broad SMARTS) is 1. The van der Waals surface area contributed by atoms with E-state index in [1.165, 1.54) is 0 Å². The first-order valence-electron chi connectivity index (χ1n) is 5.86. The van der Waals surface area contributed by atoms with Gasteiger partial charge >= 0.3 is 5.97 Å². The lowest BCUT2D eigenvalue weighted by atomic mass is 10.1. The highest BCUT2D eigenvalue weighted by Gasteiger charge is 2.17. The average Bonchev–Trinajstić information content (AvgIpc) is 2.92. The molecule has 0 amide bonds. The third-order valence-electron chi connectivity index (χ3n) is 2.98. The number of carboxylic acids is 1. The topological polar surface area (TPSA) is 68.3 Å². The van der Waals surface area contributed by atoms with Gasteiger partial charge in [0.1, 0.15) is 11.8 Å². The molecule has 0 aliphatic carbocycles. The highest BCUT2D eigenvalue weighted by Crippen LogP contribution is 2.31. The van der Waals surface area contributed by atoms with Gasteiger partial charge in [0, 0.05) is 29.8 Å². The molecule has 1 N–H and O–H groups in total. The molecule has 96 valence electrons. The van der Waals surface area contributed by atoms with Gasteiger partial charge in [-0.25, -0.2) is 0 Å². The molecule has 5 heteroatoms. The summed E-state index contributed by atoms with van der Waals surface area (Å²) >= 11 is 0. The second-order valence-corrected chi connectivity index (χ2v) is 4.39. The van der Waals surface area contributed by atoms with Crippen molar-refractivity contribution < 1.29 is 14.3 Å². The summed E-state index contributed by atoms with van der Waals surface area (Å²) in [5, 5.41) is 14.2. The quantitative estimate of drug-likeness (QED) is 0.781. The molecule has 1 aromatic carbocycles. The lowest BCUT2D eigenvalue weighted by Crippen LogP contribution is -2.00. The Kier molecular flexibility index (Phi) is 2.59. The van der Waals surface area contributed by atoms with Crippen LogP contribution in [0.25, 0.3) is 22.2 Å². The number of carbonyl (C=O) groups is 1. The zero-order chi connectivity index (χ0) is 13.4. The van der Waals surface area contributed by atoms with Crippen LogP contribution in [-0.4, -0.2) is 20.9 Å². The van der Waals surface area contributed by atoms with E-state index in [1.54, 1.807) is 24.2 Å². The van der Waals surface area contributed by atoms with Crippen LogP contribution in [0.5, 0.6) is 0 Å². The Labute approximate surface area is 109 Å². The van der Waals surface area contributed by atoms with Crippen molar-refractivity contribution in [3.8, 4) is 11.3 Å². The van der Waals surface area contributed by atoms with Crippen LogP contribution in [0, 0.1) is 0 Å². The lowest BCUT2D eigenvalue weighted by molar-refractivity contribution is -0.136. The Morgan fingerprint density at radius 3 is 3.00 bits per heavy atom. The Bertz CT molecular complexity index is 755. The lowest BCUT2D eigenvalue weighted by Gasteiger charge is -1.97. The first kappa shape index (κ1) is 11.5. The molecule has 0 fully saturated rings. The molecule has 0 spiro atoms. The third-order valence-corrected chi connectivity index (χ3v) is 2.98.